The number of aromatic amines is 1. The fourth-order valence-electron chi connectivity index (χ4n) is 1.84. The van der Waals surface area contributed by atoms with Crippen LogP contribution in [0.3, 0.4) is 0 Å². The standard InChI is InChI=1S/C13H16N2O2/c1-8(2)12(13(16)17)15-10-3-4-11-9(7-10)5-6-14-11/h3-8,12,14-15H,1-2H3,(H,16,17). The molecule has 4 heteroatoms. The molecular weight excluding hydrogens is 216 g/mol. The van der Waals surface area contributed by atoms with Crippen LogP contribution in [0.5, 0.6) is 0 Å². The Morgan fingerprint density at radius 2 is 2.12 bits per heavy atom. The molecule has 1 unspecified atom stereocenters. The minimum Gasteiger partial charge on any atom is -0.480 e. The predicted octanol–water partition coefficient (Wildman–Crippen LogP) is 2.69. The number of aromatic nitrogens is 1. The summed E-state index contributed by atoms with van der Waals surface area (Å²) in [6, 6.07) is 7.18. The monoisotopic (exact) mass is 232 g/mol. The molecule has 0 fully saturated rings. The van der Waals surface area contributed by atoms with Crippen LogP contribution in [0.25, 0.3) is 10.9 Å². The minimum absolute atomic E-state index is 0.0365. The van der Waals surface area contributed by atoms with Crippen LogP contribution in [0, 0.1) is 5.92 Å². The molecule has 0 spiro atoms. The molecule has 1 heterocycles. The number of anilines is 1. The van der Waals surface area contributed by atoms with Gasteiger partial charge in [0.2, 0.25) is 0 Å². The summed E-state index contributed by atoms with van der Waals surface area (Å²) in [6.07, 6.45) is 1.87. The first-order chi connectivity index (χ1) is 8.08. The van der Waals surface area contributed by atoms with E-state index in [1.54, 1.807) is 0 Å². The van der Waals surface area contributed by atoms with Gasteiger partial charge in [-0.1, -0.05) is 13.8 Å². The van der Waals surface area contributed by atoms with E-state index in [9.17, 15) is 4.79 Å². The average molecular weight is 232 g/mol. The lowest BCUT2D eigenvalue weighted by Crippen LogP contribution is -2.34. The third-order valence-electron chi connectivity index (χ3n) is 2.81. The molecule has 17 heavy (non-hydrogen) atoms. The first-order valence-corrected chi connectivity index (χ1v) is 5.64. The quantitative estimate of drug-likeness (QED) is 0.759. The van der Waals surface area contributed by atoms with Gasteiger partial charge in [-0.25, -0.2) is 4.79 Å². The Labute approximate surface area is 99.7 Å². The second-order valence-corrected chi connectivity index (χ2v) is 4.48. The van der Waals surface area contributed by atoms with Gasteiger partial charge >= 0.3 is 5.97 Å². The second kappa shape index (κ2) is 4.49. The van der Waals surface area contributed by atoms with E-state index in [0.717, 1.165) is 16.6 Å². The maximum atomic E-state index is 11.1. The summed E-state index contributed by atoms with van der Waals surface area (Å²) in [6.45, 7) is 3.78. The molecule has 2 rings (SSSR count). The normalized spacial score (nSPS) is 12.9. The van der Waals surface area contributed by atoms with Gasteiger partial charge in [0.1, 0.15) is 6.04 Å². The molecule has 0 aliphatic heterocycles. The third kappa shape index (κ3) is 2.41. The van der Waals surface area contributed by atoms with Gasteiger partial charge < -0.3 is 15.4 Å². The molecule has 0 saturated heterocycles. The van der Waals surface area contributed by atoms with E-state index < -0.39 is 12.0 Å². The van der Waals surface area contributed by atoms with Gasteiger partial charge in [-0.3, -0.25) is 0 Å². The summed E-state index contributed by atoms with van der Waals surface area (Å²) >= 11 is 0. The fraction of sp³-hybridized carbons (Fsp3) is 0.308. The molecule has 0 saturated carbocycles. The van der Waals surface area contributed by atoms with Crippen molar-refractivity contribution in [3.05, 3.63) is 30.5 Å². The lowest BCUT2D eigenvalue weighted by Gasteiger charge is -2.19. The molecule has 3 N–H and O–H groups in total. The van der Waals surface area contributed by atoms with Crippen molar-refractivity contribution >= 4 is 22.6 Å². The van der Waals surface area contributed by atoms with Crippen LogP contribution in [0.2, 0.25) is 0 Å². The van der Waals surface area contributed by atoms with E-state index in [4.69, 9.17) is 5.11 Å². The molecular formula is C13H16N2O2. The highest BCUT2D eigenvalue weighted by Crippen LogP contribution is 2.19. The second-order valence-electron chi connectivity index (χ2n) is 4.48. The predicted molar refractivity (Wildman–Crippen MR) is 68.2 cm³/mol. The number of nitrogens with one attached hydrogen (secondary N) is 2. The van der Waals surface area contributed by atoms with Gasteiger partial charge in [-0.2, -0.15) is 0 Å². The largest absolute Gasteiger partial charge is 0.480 e. The number of aliphatic carboxylic acids is 1. The molecule has 1 aromatic heterocycles. The van der Waals surface area contributed by atoms with Gasteiger partial charge in [-0.05, 0) is 30.2 Å². The molecule has 0 amide bonds. The number of carbonyl (C=O) groups is 1. The molecule has 0 radical (unpaired) electrons. The third-order valence-corrected chi connectivity index (χ3v) is 2.81. The van der Waals surface area contributed by atoms with Gasteiger partial charge in [0.05, 0.1) is 0 Å². The van der Waals surface area contributed by atoms with Crippen molar-refractivity contribution in [3.8, 4) is 0 Å². The number of carboxylic acids is 1. The van der Waals surface area contributed by atoms with Crippen molar-refractivity contribution in [2.24, 2.45) is 5.92 Å². The number of carboxylic acid groups (broad SMARTS) is 1. The van der Waals surface area contributed by atoms with Gasteiger partial charge in [0, 0.05) is 22.8 Å². The van der Waals surface area contributed by atoms with Gasteiger partial charge in [0.15, 0.2) is 0 Å². The Bertz CT molecular complexity index is 531. The zero-order chi connectivity index (χ0) is 12.4. The Hall–Kier alpha value is -1.97. The van der Waals surface area contributed by atoms with E-state index in [-0.39, 0.29) is 5.92 Å². The van der Waals surface area contributed by atoms with Crippen molar-refractivity contribution in [3.63, 3.8) is 0 Å². The van der Waals surface area contributed by atoms with Crippen LogP contribution < -0.4 is 5.32 Å². The highest BCUT2D eigenvalue weighted by molar-refractivity contribution is 5.84. The average Bonchev–Trinajstić information content (AvgIpc) is 2.71. The SMILES string of the molecule is CC(C)C(Nc1ccc2[nH]ccc2c1)C(=O)O. The topological polar surface area (TPSA) is 65.1 Å². The highest BCUT2D eigenvalue weighted by Gasteiger charge is 2.20. The summed E-state index contributed by atoms with van der Waals surface area (Å²) in [5.41, 5.74) is 1.88. The number of benzene rings is 1. The highest BCUT2D eigenvalue weighted by atomic mass is 16.4. The molecule has 1 atom stereocenters. The van der Waals surface area contributed by atoms with Crippen molar-refractivity contribution in [2.75, 3.05) is 5.32 Å². The first kappa shape index (κ1) is 11.5. The lowest BCUT2D eigenvalue weighted by atomic mass is 10.0. The Kier molecular flexibility index (Phi) is 3.04. The zero-order valence-electron chi connectivity index (χ0n) is 9.90. The molecule has 0 bridgehead atoms. The number of hydrogen-bond acceptors (Lipinski definition) is 2. The van der Waals surface area contributed by atoms with Gasteiger partial charge in [-0.15, -0.1) is 0 Å². The number of rotatable bonds is 4. The molecule has 4 nitrogen and oxygen atoms in total. The Morgan fingerprint density at radius 3 is 2.76 bits per heavy atom. The number of H-pyrrole nitrogens is 1. The van der Waals surface area contributed by atoms with Crippen LogP contribution >= 0.6 is 0 Å². The summed E-state index contributed by atoms with van der Waals surface area (Å²) in [7, 11) is 0. The Balaban J connectivity index is 2.24. The van der Waals surface area contributed by atoms with E-state index in [0.29, 0.717) is 0 Å². The van der Waals surface area contributed by atoms with Gasteiger partial charge in [0.25, 0.3) is 0 Å². The summed E-state index contributed by atoms with van der Waals surface area (Å²) in [4.78, 5) is 14.2. The summed E-state index contributed by atoms with van der Waals surface area (Å²) in [5, 5.41) is 13.2. The van der Waals surface area contributed by atoms with E-state index in [2.05, 4.69) is 10.3 Å². The molecule has 1 aromatic carbocycles. The van der Waals surface area contributed by atoms with E-state index in [1.807, 2.05) is 44.3 Å². The molecule has 0 aliphatic rings. The van der Waals surface area contributed by atoms with E-state index in [1.165, 1.54) is 0 Å². The maximum Gasteiger partial charge on any atom is 0.326 e. The lowest BCUT2D eigenvalue weighted by molar-refractivity contribution is -0.138. The van der Waals surface area contributed by atoms with Crippen molar-refractivity contribution in [1.82, 2.24) is 4.98 Å². The number of hydrogen-bond donors (Lipinski definition) is 3. The van der Waals surface area contributed by atoms with Crippen LogP contribution in [0.15, 0.2) is 30.5 Å². The van der Waals surface area contributed by atoms with E-state index >= 15 is 0 Å². The van der Waals surface area contributed by atoms with Crippen LogP contribution in [-0.4, -0.2) is 22.1 Å². The molecule has 2 aromatic rings. The van der Waals surface area contributed by atoms with Crippen molar-refractivity contribution < 1.29 is 9.90 Å². The molecule has 90 valence electrons. The Morgan fingerprint density at radius 1 is 1.35 bits per heavy atom. The minimum atomic E-state index is -0.825. The molecule has 0 aliphatic carbocycles. The maximum absolute atomic E-state index is 11.1. The number of fused-ring (bicyclic) bond motifs is 1. The fourth-order valence-corrected chi connectivity index (χ4v) is 1.84. The van der Waals surface area contributed by atoms with Crippen LogP contribution in [0.1, 0.15) is 13.8 Å². The van der Waals surface area contributed by atoms with Crippen molar-refractivity contribution in [1.29, 1.82) is 0 Å². The smallest absolute Gasteiger partial charge is 0.326 e. The van der Waals surface area contributed by atoms with Crippen LogP contribution in [-0.2, 0) is 4.79 Å². The van der Waals surface area contributed by atoms with Crippen LogP contribution in [0.4, 0.5) is 5.69 Å². The zero-order valence-corrected chi connectivity index (χ0v) is 9.90. The first-order valence-electron chi connectivity index (χ1n) is 5.64. The summed E-state index contributed by atoms with van der Waals surface area (Å²) in [5.74, 6) is -0.788. The summed E-state index contributed by atoms with van der Waals surface area (Å²) < 4.78 is 0. The van der Waals surface area contributed by atoms with Crippen molar-refractivity contribution in [2.45, 2.75) is 19.9 Å².